The summed E-state index contributed by atoms with van der Waals surface area (Å²) in [4.78, 5) is 21.9. The minimum Gasteiger partial charge on any atom is -0.409 e. The molecule has 0 aliphatic rings. The van der Waals surface area contributed by atoms with E-state index in [0.29, 0.717) is 6.54 Å². The summed E-state index contributed by atoms with van der Waals surface area (Å²) in [7, 11) is 4.88. The van der Waals surface area contributed by atoms with Crippen molar-refractivity contribution in [1.29, 1.82) is 0 Å². The van der Waals surface area contributed by atoms with E-state index in [1.165, 1.54) is 12.8 Å². The molecular formula is C10H19BN2O2. The van der Waals surface area contributed by atoms with Gasteiger partial charge in [0.05, 0.1) is 0 Å². The second-order valence-electron chi connectivity index (χ2n) is 3.48. The van der Waals surface area contributed by atoms with Gasteiger partial charge >= 0.3 is 0 Å². The molecule has 2 N–H and O–H groups in total. The Morgan fingerprint density at radius 2 is 1.73 bits per heavy atom. The number of unbranched alkanes of at least 4 members (excludes halogenated alkanes) is 3. The Bertz CT molecular complexity index is 198. The lowest BCUT2D eigenvalue weighted by molar-refractivity contribution is -0.125. The molecule has 0 aromatic heterocycles. The second kappa shape index (κ2) is 9.56. The zero-order valence-electron chi connectivity index (χ0n) is 9.34. The van der Waals surface area contributed by atoms with Crippen molar-refractivity contribution >= 4 is 19.8 Å². The lowest BCUT2D eigenvalue weighted by Crippen LogP contribution is -2.27. The summed E-state index contributed by atoms with van der Waals surface area (Å²) in [6.45, 7) is 2.84. The van der Waals surface area contributed by atoms with E-state index in [-0.39, 0.29) is 24.7 Å². The zero-order valence-corrected chi connectivity index (χ0v) is 9.34. The highest BCUT2D eigenvalue weighted by molar-refractivity contribution is 6.14. The van der Waals surface area contributed by atoms with E-state index in [1.54, 1.807) is 0 Å². The van der Waals surface area contributed by atoms with Crippen molar-refractivity contribution in [3.05, 3.63) is 0 Å². The van der Waals surface area contributed by atoms with Gasteiger partial charge in [-0.15, -0.1) is 0 Å². The standard InChI is InChI=1S/C10H19BN2O2/c1-2-3-4-5-8-12-9(14)6-7-10(15)13-11/h2-8H2,1H3,(H,12,14)(H,13,15). The van der Waals surface area contributed by atoms with E-state index in [4.69, 9.17) is 7.98 Å². The molecule has 0 rings (SSSR count). The van der Waals surface area contributed by atoms with Crippen molar-refractivity contribution in [1.82, 2.24) is 10.5 Å². The Kier molecular flexibility index (Phi) is 8.92. The molecule has 0 aromatic rings. The van der Waals surface area contributed by atoms with E-state index in [9.17, 15) is 9.59 Å². The molecule has 0 unspecified atom stereocenters. The normalized spacial score (nSPS) is 9.67. The summed E-state index contributed by atoms with van der Waals surface area (Å²) in [5.41, 5.74) is 0. The molecule has 15 heavy (non-hydrogen) atoms. The summed E-state index contributed by atoms with van der Waals surface area (Å²) in [5, 5.41) is 4.75. The number of hydrogen-bond donors (Lipinski definition) is 2. The van der Waals surface area contributed by atoms with E-state index in [0.717, 1.165) is 12.8 Å². The van der Waals surface area contributed by atoms with Crippen molar-refractivity contribution in [3.8, 4) is 0 Å². The fraction of sp³-hybridized carbons (Fsp3) is 0.800. The summed E-state index contributed by atoms with van der Waals surface area (Å²) in [5.74, 6) is -0.397. The number of rotatable bonds is 8. The minimum absolute atomic E-state index is 0.0879. The van der Waals surface area contributed by atoms with Crippen LogP contribution >= 0.6 is 0 Å². The van der Waals surface area contributed by atoms with Gasteiger partial charge in [-0.05, 0) is 6.42 Å². The Labute approximate surface area is 92.6 Å². The van der Waals surface area contributed by atoms with Gasteiger partial charge in [0, 0.05) is 19.4 Å². The molecule has 0 bridgehead atoms. The molecule has 0 aliphatic heterocycles. The molecule has 0 saturated carbocycles. The number of hydrogen-bond acceptors (Lipinski definition) is 2. The molecule has 2 amide bonds. The highest BCUT2D eigenvalue weighted by Crippen LogP contribution is 1.97. The van der Waals surface area contributed by atoms with Crippen LogP contribution < -0.4 is 10.5 Å². The third-order valence-corrected chi connectivity index (χ3v) is 2.09. The smallest absolute Gasteiger partial charge is 0.226 e. The van der Waals surface area contributed by atoms with Crippen LogP contribution in [0.5, 0.6) is 0 Å². The number of carbonyl (C=O) groups excluding carboxylic acids is 2. The molecule has 4 nitrogen and oxygen atoms in total. The van der Waals surface area contributed by atoms with Gasteiger partial charge in [0.25, 0.3) is 0 Å². The molecule has 0 spiro atoms. The van der Waals surface area contributed by atoms with Crippen LogP contribution in [0.2, 0.25) is 0 Å². The molecule has 0 atom stereocenters. The Morgan fingerprint density at radius 3 is 2.33 bits per heavy atom. The van der Waals surface area contributed by atoms with Gasteiger partial charge in [0.15, 0.2) is 0 Å². The first-order valence-electron chi connectivity index (χ1n) is 5.46. The fourth-order valence-electron chi connectivity index (χ4n) is 1.17. The van der Waals surface area contributed by atoms with Crippen LogP contribution in [-0.2, 0) is 9.59 Å². The van der Waals surface area contributed by atoms with E-state index in [1.807, 2.05) is 5.23 Å². The molecule has 0 heterocycles. The number of amides is 2. The molecule has 0 saturated heterocycles. The largest absolute Gasteiger partial charge is 0.409 e. The second-order valence-corrected chi connectivity index (χ2v) is 3.48. The van der Waals surface area contributed by atoms with Gasteiger partial charge in [0.2, 0.25) is 19.8 Å². The maximum atomic E-state index is 11.2. The van der Waals surface area contributed by atoms with Crippen molar-refractivity contribution in [3.63, 3.8) is 0 Å². The van der Waals surface area contributed by atoms with Gasteiger partial charge in [0.1, 0.15) is 0 Å². The highest BCUT2D eigenvalue weighted by Gasteiger charge is 2.03. The third kappa shape index (κ3) is 9.31. The highest BCUT2D eigenvalue weighted by atomic mass is 16.2. The number of carbonyl (C=O) groups is 2. The van der Waals surface area contributed by atoms with E-state index >= 15 is 0 Å². The van der Waals surface area contributed by atoms with E-state index < -0.39 is 0 Å². The van der Waals surface area contributed by atoms with E-state index in [2.05, 4.69) is 12.2 Å². The zero-order chi connectivity index (χ0) is 11.5. The Hall–Kier alpha value is -0.995. The average molecular weight is 210 g/mol. The SMILES string of the molecule is [B]NC(=O)CCC(=O)NCCCCCC. The molecule has 0 aromatic carbocycles. The van der Waals surface area contributed by atoms with Gasteiger partial charge in [-0.1, -0.05) is 26.2 Å². The van der Waals surface area contributed by atoms with Crippen molar-refractivity contribution in [2.24, 2.45) is 0 Å². The lowest BCUT2D eigenvalue weighted by Gasteiger charge is -2.04. The minimum atomic E-state index is -0.309. The fourth-order valence-corrected chi connectivity index (χ4v) is 1.17. The van der Waals surface area contributed by atoms with Gasteiger partial charge < -0.3 is 10.5 Å². The summed E-state index contributed by atoms with van der Waals surface area (Å²) in [6, 6.07) is 0. The predicted octanol–water partition coefficient (Wildman–Crippen LogP) is 0.663. The Balaban J connectivity index is 3.30. The van der Waals surface area contributed by atoms with Crippen LogP contribution in [0.3, 0.4) is 0 Å². The van der Waals surface area contributed by atoms with Crippen molar-refractivity contribution in [2.75, 3.05) is 6.54 Å². The quantitative estimate of drug-likeness (QED) is 0.456. The van der Waals surface area contributed by atoms with Crippen LogP contribution in [0.1, 0.15) is 45.4 Å². The topological polar surface area (TPSA) is 58.2 Å². The summed E-state index contributed by atoms with van der Waals surface area (Å²) in [6.07, 6.45) is 4.88. The van der Waals surface area contributed by atoms with Crippen LogP contribution in [0.25, 0.3) is 0 Å². The average Bonchev–Trinajstić information content (AvgIpc) is 2.25. The molecule has 5 heteroatoms. The van der Waals surface area contributed by atoms with Crippen molar-refractivity contribution < 1.29 is 9.59 Å². The molecule has 0 aliphatic carbocycles. The van der Waals surface area contributed by atoms with Gasteiger partial charge in [-0.2, -0.15) is 0 Å². The maximum Gasteiger partial charge on any atom is 0.226 e. The first-order chi connectivity index (χ1) is 7.20. The molecule has 84 valence electrons. The Morgan fingerprint density at radius 1 is 1.07 bits per heavy atom. The van der Waals surface area contributed by atoms with Gasteiger partial charge in [-0.3, -0.25) is 9.59 Å². The monoisotopic (exact) mass is 210 g/mol. The molecule has 2 radical (unpaired) electrons. The van der Waals surface area contributed by atoms with Crippen LogP contribution in [0, 0.1) is 0 Å². The first-order valence-corrected chi connectivity index (χ1v) is 5.46. The van der Waals surface area contributed by atoms with Gasteiger partial charge in [-0.25, -0.2) is 0 Å². The maximum absolute atomic E-state index is 11.2. The van der Waals surface area contributed by atoms with Crippen LogP contribution in [0.4, 0.5) is 0 Å². The van der Waals surface area contributed by atoms with Crippen molar-refractivity contribution in [2.45, 2.75) is 45.4 Å². The van der Waals surface area contributed by atoms with Crippen LogP contribution in [0.15, 0.2) is 0 Å². The summed E-state index contributed by atoms with van der Waals surface area (Å²) >= 11 is 0. The summed E-state index contributed by atoms with van der Waals surface area (Å²) < 4.78 is 0. The third-order valence-electron chi connectivity index (χ3n) is 2.09. The first kappa shape index (κ1) is 14.0. The predicted molar refractivity (Wildman–Crippen MR) is 60.3 cm³/mol. The lowest BCUT2D eigenvalue weighted by atomic mass is 10.2. The van der Waals surface area contributed by atoms with Crippen LogP contribution in [-0.4, -0.2) is 26.3 Å². The molecule has 0 fully saturated rings. The molecular weight excluding hydrogens is 191 g/mol. The number of nitrogens with one attached hydrogen (secondary N) is 2.